The number of hydrogen-bond acceptors (Lipinski definition) is 7. The lowest BCUT2D eigenvalue weighted by Gasteiger charge is -2.25. The Morgan fingerprint density at radius 3 is 2.14 bits per heavy atom. The second-order valence-corrected chi connectivity index (χ2v) is 11.2. The highest BCUT2D eigenvalue weighted by molar-refractivity contribution is 7.98. The molecule has 12 nitrogen and oxygen atoms in total. The Balaban J connectivity index is 1.78. The van der Waals surface area contributed by atoms with Crippen molar-refractivity contribution in [1.82, 2.24) is 20.9 Å². The van der Waals surface area contributed by atoms with Crippen LogP contribution in [0.3, 0.4) is 0 Å². The van der Waals surface area contributed by atoms with Crippen LogP contribution in [-0.4, -0.2) is 75.9 Å². The van der Waals surface area contributed by atoms with E-state index in [2.05, 4.69) is 20.9 Å². The Morgan fingerprint density at radius 2 is 1.47 bits per heavy atom. The number of aromatic amines is 1. The monoisotopic (exact) mass is 610 g/mol. The highest BCUT2D eigenvalue weighted by Crippen LogP contribution is 2.19. The average molecular weight is 611 g/mol. The van der Waals surface area contributed by atoms with Crippen molar-refractivity contribution in [3.8, 4) is 0 Å². The molecule has 4 atom stereocenters. The third-order valence-electron chi connectivity index (χ3n) is 6.91. The number of primary amides is 1. The molecular weight excluding hydrogens is 572 g/mol. The molecule has 4 unspecified atom stereocenters. The van der Waals surface area contributed by atoms with Crippen LogP contribution in [0.25, 0.3) is 10.9 Å². The zero-order chi connectivity index (χ0) is 31.4. The lowest BCUT2D eigenvalue weighted by Crippen LogP contribution is -2.58. The minimum Gasteiger partial charge on any atom is -0.480 e. The molecule has 0 bridgehead atoms. The first-order valence-corrected chi connectivity index (χ1v) is 15.2. The highest BCUT2D eigenvalue weighted by Gasteiger charge is 2.31. The van der Waals surface area contributed by atoms with E-state index in [-0.39, 0.29) is 32.1 Å². The molecule has 1 aromatic heterocycles. The highest BCUT2D eigenvalue weighted by atomic mass is 32.2. The van der Waals surface area contributed by atoms with Crippen LogP contribution in [0.1, 0.15) is 30.4 Å². The number of carboxylic acids is 1. The Bertz CT molecular complexity index is 1410. The fourth-order valence-corrected chi connectivity index (χ4v) is 5.01. The van der Waals surface area contributed by atoms with Gasteiger partial charge in [0.15, 0.2) is 0 Å². The lowest BCUT2D eigenvalue weighted by molar-refractivity contribution is -0.142. The van der Waals surface area contributed by atoms with Crippen LogP contribution in [0.15, 0.2) is 60.8 Å². The summed E-state index contributed by atoms with van der Waals surface area (Å²) in [5.41, 5.74) is 13.3. The molecule has 0 spiro atoms. The first-order valence-electron chi connectivity index (χ1n) is 13.8. The van der Waals surface area contributed by atoms with E-state index in [1.165, 1.54) is 11.8 Å². The first kappa shape index (κ1) is 33.1. The molecular formula is C30H38N6O6S. The van der Waals surface area contributed by atoms with Crippen LogP contribution < -0.4 is 27.4 Å². The number of hydrogen-bond donors (Lipinski definition) is 7. The normalized spacial score (nSPS) is 13.8. The molecule has 13 heteroatoms. The maximum atomic E-state index is 13.6. The molecule has 1 heterocycles. The molecule has 0 saturated carbocycles. The number of nitrogens with one attached hydrogen (secondary N) is 4. The number of aliphatic carboxylic acids is 1. The van der Waals surface area contributed by atoms with Crippen LogP contribution in [0.4, 0.5) is 0 Å². The summed E-state index contributed by atoms with van der Waals surface area (Å²) in [5, 5.41) is 18.7. The molecule has 3 rings (SSSR count). The molecule has 0 aliphatic rings. The Labute approximate surface area is 253 Å². The van der Waals surface area contributed by atoms with E-state index in [1.54, 1.807) is 30.5 Å². The largest absolute Gasteiger partial charge is 0.480 e. The summed E-state index contributed by atoms with van der Waals surface area (Å²) < 4.78 is 0. The average Bonchev–Trinajstić information content (AvgIpc) is 3.40. The number of H-pyrrole nitrogens is 1. The van der Waals surface area contributed by atoms with E-state index >= 15 is 0 Å². The van der Waals surface area contributed by atoms with Gasteiger partial charge < -0.3 is 37.5 Å². The number of benzene rings is 2. The predicted octanol–water partition coefficient (Wildman–Crippen LogP) is 0.838. The molecule has 3 aromatic rings. The smallest absolute Gasteiger partial charge is 0.326 e. The summed E-state index contributed by atoms with van der Waals surface area (Å²) in [6, 6.07) is 11.9. The maximum absolute atomic E-state index is 13.6. The SMILES string of the molecule is CSCCC(NC(=O)C(N)CCC(N)=O)C(=O)NC(Cc1ccccc1)C(=O)NC(Cc1c[nH]c2ccccc12)C(=O)O. The van der Waals surface area contributed by atoms with Crippen molar-refractivity contribution >= 4 is 52.3 Å². The Morgan fingerprint density at radius 1 is 0.837 bits per heavy atom. The van der Waals surface area contributed by atoms with Gasteiger partial charge in [0.2, 0.25) is 23.6 Å². The van der Waals surface area contributed by atoms with E-state index in [0.29, 0.717) is 5.75 Å². The van der Waals surface area contributed by atoms with Crippen LogP contribution in [0.5, 0.6) is 0 Å². The van der Waals surface area contributed by atoms with Gasteiger partial charge in [0, 0.05) is 36.4 Å². The van der Waals surface area contributed by atoms with Crippen molar-refractivity contribution in [3.05, 3.63) is 71.9 Å². The number of rotatable bonds is 17. The van der Waals surface area contributed by atoms with Gasteiger partial charge in [-0.1, -0.05) is 48.5 Å². The van der Waals surface area contributed by atoms with Crippen LogP contribution in [0.2, 0.25) is 0 Å². The molecule has 0 saturated heterocycles. The van der Waals surface area contributed by atoms with E-state index in [9.17, 15) is 29.1 Å². The second-order valence-electron chi connectivity index (χ2n) is 10.2. The zero-order valence-corrected chi connectivity index (χ0v) is 24.7. The summed E-state index contributed by atoms with van der Waals surface area (Å²) in [4.78, 5) is 66.1. The number of carbonyl (C=O) groups is 5. The van der Waals surface area contributed by atoms with Gasteiger partial charge in [-0.05, 0) is 42.0 Å². The number of nitrogens with two attached hydrogens (primary N) is 2. The number of thioether (sulfide) groups is 1. The third-order valence-corrected chi connectivity index (χ3v) is 7.56. The van der Waals surface area contributed by atoms with E-state index in [1.807, 2.05) is 36.6 Å². The van der Waals surface area contributed by atoms with Crippen molar-refractivity contribution < 1.29 is 29.1 Å². The van der Waals surface area contributed by atoms with Gasteiger partial charge in [-0.15, -0.1) is 0 Å². The fourth-order valence-electron chi connectivity index (χ4n) is 4.54. The fraction of sp³-hybridized carbons (Fsp3) is 0.367. The summed E-state index contributed by atoms with van der Waals surface area (Å²) in [5.74, 6) is -3.23. The van der Waals surface area contributed by atoms with Crippen molar-refractivity contribution in [1.29, 1.82) is 0 Å². The first-order chi connectivity index (χ1) is 20.6. The summed E-state index contributed by atoms with van der Waals surface area (Å²) >= 11 is 1.47. The summed E-state index contributed by atoms with van der Waals surface area (Å²) in [7, 11) is 0. The van der Waals surface area contributed by atoms with Crippen LogP contribution in [0, 0.1) is 0 Å². The van der Waals surface area contributed by atoms with Gasteiger partial charge in [0.05, 0.1) is 6.04 Å². The van der Waals surface area contributed by atoms with Crippen molar-refractivity contribution in [3.63, 3.8) is 0 Å². The van der Waals surface area contributed by atoms with Gasteiger partial charge >= 0.3 is 5.97 Å². The van der Waals surface area contributed by atoms with Gasteiger partial charge in [0.25, 0.3) is 0 Å². The summed E-state index contributed by atoms with van der Waals surface area (Å²) in [6.45, 7) is 0. The van der Waals surface area contributed by atoms with Crippen LogP contribution in [-0.2, 0) is 36.8 Å². The van der Waals surface area contributed by atoms with Crippen LogP contribution >= 0.6 is 11.8 Å². The molecule has 0 aliphatic heterocycles. The standard InChI is InChI=1S/C30H38N6O6S/c1-43-14-13-23(34-27(38)21(31)11-12-26(32)37)28(39)35-24(15-18-7-3-2-4-8-18)29(40)36-25(30(41)42)16-19-17-33-22-10-6-5-9-20(19)22/h2-10,17,21,23-25,33H,11-16,31H2,1H3,(H2,32,37)(H,34,38)(H,35,39)(H,36,40)(H,41,42). The minimum absolute atomic E-state index is 0.0179. The predicted molar refractivity (Wildman–Crippen MR) is 165 cm³/mol. The molecule has 4 amide bonds. The minimum atomic E-state index is -1.27. The zero-order valence-electron chi connectivity index (χ0n) is 23.9. The molecule has 9 N–H and O–H groups in total. The number of carbonyl (C=O) groups excluding carboxylic acids is 4. The van der Waals surface area contributed by atoms with Gasteiger partial charge in [-0.3, -0.25) is 19.2 Å². The van der Waals surface area contributed by atoms with Gasteiger partial charge in [0.1, 0.15) is 18.1 Å². The van der Waals surface area contributed by atoms with E-state index in [0.717, 1.165) is 22.0 Å². The molecule has 2 aromatic carbocycles. The number of carboxylic acid groups (broad SMARTS) is 1. The topological polar surface area (TPSA) is 209 Å². The number of para-hydroxylation sites is 1. The van der Waals surface area contributed by atoms with E-state index < -0.39 is 53.8 Å². The number of fused-ring (bicyclic) bond motifs is 1. The quantitative estimate of drug-likeness (QED) is 0.116. The maximum Gasteiger partial charge on any atom is 0.326 e. The molecule has 230 valence electrons. The Kier molecular flexibility index (Phi) is 12.6. The lowest BCUT2D eigenvalue weighted by atomic mass is 10.0. The Hall–Kier alpha value is -4.36. The van der Waals surface area contributed by atoms with Crippen molar-refractivity contribution in [2.24, 2.45) is 11.5 Å². The summed E-state index contributed by atoms with van der Waals surface area (Å²) in [6.07, 6.45) is 3.85. The van der Waals surface area contributed by atoms with Gasteiger partial charge in [-0.25, -0.2) is 4.79 Å². The van der Waals surface area contributed by atoms with Crippen molar-refractivity contribution in [2.75, 3.05) is 12.0 Å². The number of amides is 4. The number of aromatic nitrogens is 1. The molecule has 0 aliphatic carbocycles. The molecule has 43 heavy (non-hydrogen) atoms. The second kappa shape index (κ2) is 16.3. The van der Waals surface area contributed by atoms with E-state index in [4.69, 9.17) is 11.5 Å². The third kappa shape index (κ3) is 10.1. The molecule has 0 fully saturated rings. The van der Waals surface area contributed by atoms with Crippen molar-refractivity contribution in [2.45, 2.75) is 56.3 Å². The van der Waals surface area contributed by atoms with Gasteiger partial charge in [-0.2, -0.15) is 11.8 Å². The molecule has 0 radical (unpaired) electrons.